The smallest absolute Gasteiger partial charge is 0.311 e. The normalized spacial score (nSPS) is 35.6. The molecule has 84 valence electrons. The maximum Gasteiger partial charge on any atom is 0.311 e. The standard InChI is InChI=1S/C9H15N3O3/c1-9(8(13)14)4-3-6(11-12-10)5-7(9)15-2/h6-7H,3-5H2,1-2H3,(H,13,14)/t6-,7-,9-/m1/s1. The van der Waals surface area contributed by atoms with E-state index in [1.54, 1.807) is 6.92 Å². The third-order valence-corrected chi connectivity index (χ3v) is 3.18. The average Bonchev–Trinajstić information content (AvgIpc) is 2.21. The van der Waals surface area contributed by atoms with Crippen molar-refractivity contribution in [1.82, 2.24) is 0 Å². The third kappa shape index (κ3) is 2.22. The Morgan fingerprint density at radius 2 is 2.40 bits per heavy atom. The van der Waals surface area contributed by atoms with E-state index in [4.69, 9.17) is 15.4 Å². The van der Waals surface area contributed by atoms with Gasteiger partial charge in [0.05, 0.1) is 11.5 Å². The number of rotatable bonds is 3. The molecule has 1 aliphatic rings. The Morgan fingerprint density at radius 3 is 2.87 bits per heavy atom. The van der Waals surface area contributed by atoms with Crippen molar-refractivity contribution in [3.8, 4) is 0 Å². The van der Waals surface area contributed by atoms with Gasteiger partial charge in [-0.3, -0.25) is 4.79 Å². The molecule has 0 unspecified atom stereocenters. The lowest BCUT2D eigenvalue weighted by Gasteiger charge is -2.39. The lowest BCUT2D eigenvalue weighted by molar-refractivity contribution is -0.160. The number of carbonyl (C=O) groups is 1. The van der Waals surface area contributed by atoms with Gasteiger partial charge in [0.15, 0.2) is 0 Å². The topological polar surface area (TPSA) is 95.3 Å². The van der Waals surface area contributed by atoms with Gasteiger partial charge in [0.25, 0.3) is 0 Å². The number of carboxylic acid groups (broad SMARTS) is 1. The Balaban J connectivity index is 2.81. The summed E-state index contributed by atoms with van der Waals surface area (Å²) in [5.74, 6) is -0.853. The number of ether oxygens (including phenoxy) is 1. The summed E-state index contributed by atoms with van der Waals surface area (Å²) < 4.78 is 5.18. The molecule has 3 atom stereocenters. The minimum atomic E-state index is -0.865. The number of methoxy groups -OCH3 is 1. The number of carboxylic acids is 1. The molecule has 1 aliphatic carbocycles. The van der Waals surface area contributed by atoms with E-state index in [-0.39, 0.29) is 12.1 Å². The lowest BCUT2D eigenvalue weighted by atomic mass is 9.72. The first kappa shape index (κ1) is 11.8. The van der Waals surface area contributed by atoms with Crippen molar-refractivity contribution in [2.45, 2.75) is 38.3 Å². The van der Waals surface area contributed by atoms with Crippen LogP contribution in [0.5, 0.6) is 0 Å². The molecule has 6 nitrogen and oxygen atoms in total. The summed E-state index contributed by atoms with van der Waals surface area (Å²) in [5, 5.41) is 12.7. The molecule has 0 aromatic carbocycles. The van der Waals surface area contributed by atoms with Gasteiger partial charge in [0, 0.05) is 18.1 Å². The number of hydrogen-bond donors (Lipinski definition) is 1. The van der Waals surface area contributed by atoms with Crippen LogP contribution < -0.4 is 0 Å². The van der Waals surface area contributed by atoms with Crippen LogP contribution in [0.3, 0.4) is 0 Å². The number of aliphatic carboxylic acids is 1. The van der Waals surface area contributed by atoms with Crippen LogP contribution >= 0.6 is 0 Å². The van der Waals surface area contributed by atoms with E-state index in [9.17, 15) is 4.79 Å². The van der Waals surface area contributed by atoms with Crippen molar-refractivity contribution in [3.63, 3.8) is 0 Å². The second kappa shape index (κ2) is 4.51. The van der Waals surface area contributed by atoms with Gasteiger partial charge < -0.3 is 9.84 Å². The minimum absolute atomic E-state index is 0.146. The highest BCUT2D eigenvalue weighted by Gasteiger charge is 2.45. The van der Waals surface area contributed by atoms with Crippen LogP contribution in [0.4, 0.5) is 0 Å². The van der Waals surface area contributed by atoms with Crippen LogP contribution in [0, 0.1) is 5.41 Å². The Hall–Kier alpha value is -1.26. The number of hydrogen-bond acceptors (Lipinski definition) is 3. The van der Waals surface area contributed by atoms with E-state index < -0.39 is 11.4 Å². The average molecular weight is 213 g/mol. The van der Waals surface area contributed by atoms with Crippen molar-refractivity contribution in [1.29, 1.82) is 0 Å². The van der Waals surface area contributed by atoms with Crippen molar-refractivity contribution in [3.05, 3.63) is 10.4 Å². The highest BCUT2D eigenvalue weighted by atomic mass is 16.5. The van der Waals surface area contributed by atoms with Crippen molar-refractivity contribution in [2.75, 3.05) is 7.11 Å². The first-order valence-corrected chi connectivity index (χ1v) is 4.85. The zero-order valence-electron chi connectivity index (χ0n) is 8.88. The zero-order valence-corrected chi connectivity index (χ0v) is 8.88. The SMILES string of the molecule is CO[C@@H]1C[C@H](N=[N+]=[N-])CC[C@@]1(C)C(=O)O. The maximum absolute atomic E-state index is 11.1. The molecule has 1 fully saturated rings. The summed E-state index contributed by atoms with van der Waals surface area (Å²) >= 11 is 0. The summed E-state index contributed by atoms with van der Waals surface area (Å²) in [6, 6.07) is -0.146. The highest BCUT2D eigenvalue weighted by molar-refractivity contribution is 5.75. The van der Waals surface area contributed by atoms with Gasteiger partial charge in [-0.05, 0) is 31.7 Å². The Kier molecular flexibility index (Phi) is 3.55. The van der Waals surface area contributed by atoms with Crippen molar-refractivity contribution >= 4 is 5.97 Å². The molecule has 0 aromatic rings. The van der Waals surface area contributed by atoms with E-state index in [0.29, 0.717) is 19.3 Å². The molecule has 0 amide bonds. The fourth-order valence-corrected chi connectivity index (χ4v) is 2.03. The predicted molar refractivity (Wildman–Crippen MR) is 53.3 cm³/mol. The minimum Gasteiger partial charge on any atom is -0.481 e. The van der Waals surface area contributed by atoms with E-state index in [1.165, 1.54) is 7.11 Å². The molecule has 6 heteroatoms. The fraction of sp³-hybridized carbons (Fsp3) is 0.889. The molecule has 0 spiro atoms. The Morgan fingerprint density at radius 1 is 1.73 bits per heavy atom. The van der Waals surface area contributed by atoms with Gasteiger partial charge in [-0.2, -0.15) is 0 Å². The van der Waals surface area contributed by atoms with Crippen LogP contribution in [-0.4, -0.2) is 30.3 Å². The zero-order chi connectivity index (χ0) is 11.5. The summed E-state index contributed by atoms with van der Waals surface area (Å²) in [6.07, 6.45) is 1.17. The monoisotopic (exact) mass is 213 g/mol. The van der Waals surface area contributed by atoms with E-state index >= 15 is 0 Å². The van der Waals surface area contributed by atoms with Gasteiger partial charge in [0.2, 0.25) is 0 Å². The summed E-state index contributed by atoms with van der Waals surface area (Å²) in [6.45, 7) is 1.68. The molecule has 1 N–H and O–H groups in total. The van der Waals surface area contributed by atoms with Gasteiger partial charge in [-0.25, -0.2) is 0 Å². The molecule has 0 aliphatic heterocycles. The first-order chi connectivity index (χ1) is 7.04. The second-order valence-electron chi connectivity index (χ2n) is 4.08. The predicted octanol–water partition coefficient (Wildman–Crippen LogP) is 1.96. The van der Waals surface area contributed by atoms with Gasteiger partial charge in [-0.15, -0.1) is 0 Å². The molecule has 1 rings (SSSR count). The molecule has 0 heterocycles. The molecular weight excluding hydrogens is 198 g/mol. The molecule has 0 radical (unpaired) electrons. The van der Waals surface area contributed by atoms with Crippen LogP contribution in [0.2, 0.25) is 0 Å². The largest absolute Gasteiger partial charge is 0.481 e. The van der Waals surface area contributed by atoms with Gasteiger partial charge in [-0.1, -0.05) is 5.11 Å². The van der Waals surface area contributed by atoms with Crippen LogP contribution in [0.25, 0.3) is 10.4 Å². The summed E-state index contributed by atoms with van der Waals surface area (Å²) in [4.78, 5) is 13.9. The van der Waals surface area contributed by atoms with Gasteiger partial charge in [0.1, 0.15) is 0 Å². The first-order valence-electron chi connectivity index (χ1n) is 4.85. The van der Waals surface area contributed by atoms with E-state index in [1.807, 2.05) is 0 Å². The van der Waals surface area contributed by atoms with Crippen LogP contribution in [-0.2, 0) is 9.53 Å². The van der Waals surface area contributed by atoms with Crippen LogP contribution in [0.1, 0.15) is 26.2 Å². The van der Waals surface area contributed by atoms with Crippen molar-refractivity contribution < 1.29 is 14.6 Å². The fourth-order valence-electron chi connectivity index (χ4n) is 2.03. The van der Waals surface area contributed by atoms with Crippen LogP contribution in [0.15, 0.2) is 5.11 Å². The number of nitrogens with zero attached hydrogens (tertiary/aromatic N) is 3. The molecular formula is C9H15N3O3. The third-order valence-electron chi connectivity index (χ3n) is 3.18. The van der Waals surface area contributed by atoms with Crippen molar-refractivity contribution in [2.24, 2.45) is 10.5 Å². The second-order valence-corrected chi connectivity index (χ2v) is 4.08. The molecule has 1 saturated carbocycles. The molecule has 0 saturated heterocycles. The van der Waals surface area contributed by atoms with Gasteiger partial charge >= 0.3 is 5.97 Å². The molecule has 0 aromatic heterocycles. The Bertz CT molecular complexity index is 301. The quantitative estimate of drug-likeness (QED) is 0.441. The molecule has 15 heavy (non-hydrogen) atoms. The maximum atomic E-state index is 11.1. The van der Waals surface area contributed by atoms with E-state index in [0.717, 1.165) is 0 Å². The summed E-state index contributed by atoms with van der Waals surface area (Å²) in [7, 11) is 1.49. The Labute approximate surface area is 87.9 Å². The van der Waals surface area contributed by atoms with E-state index in [2.05, 4.69) is 10.0 Å². The lowest BCUT2D eigenvalue weighted by Crippen LogP contribution is -2.46. The number of azide groups is 1. The highest BCUT2D eigenvalue weighted by Crippen LogP contribution is 2.39. The molecule has 0 bridgehead atoms. The summed E-state index contributed by atoms with van der Waals surface area (Å²) in [5.41, 5.74) is 7.45.